The van der Waals surface area contributed by atoms with Crippen LogP contribution in [0.15, 0.2) is 78.1 Å². The summed E-state index contributed by atoms with van der Waals surface area (Å²) in [5, 5.41) is 1.62. The fourth-order valence-corrected chi connectivity index (χ4v) is 6.09. The highest BCUT2D eigenvalue weighted by molar-refractivity contribution is 8.00. The van der Waals surface area contributed by atoms with Gasteiger partial charge in [0.2, 0.25) is 0 Å². The molecule has 0 saturated heterocycles. The Morgan fingerprint density at radius 2 is 1.78 bits per heavy atom. The van der Waals surface area contributed by atoms with Crippen LogP contribution >= 0.6 is 23.1 Å². The molecule has 0 aliphatic heterocycles. The van der Waals surface area contributed by atoms with Crippen molar-refractivity contribution >= 4 is 39.1 Å². The number of nitrogens with zero attached hydrogens (tertiary/aromatic N) is 3. The first-order valence-electron chi connectivity index (χ1n) is 11.0. The minimum Gasteiger partial charge on any atom is -0.318 e. The van der Waals surface area contributed by atoms with E-state index in [1.807, 2.05) is 36.4 Å². The van der Waals surface area contributed by atoms with Gasteiger partial charge in [-0.05, 0) is 49.7 Å². The maximum Gasteiger partial charge on any atom is 0.416 e. The second-order valence-corrected chi connectivity index (χ2v) is 10.2. The lowest BCUT2D eigenvalue weighted by Gasteiger charge is -2.13. The molecule has 0 bridgehead atoms. The summed E-state index contributed by atoms with van der Waals surface area (Å²) in [6.07, 6.45) is -2.94. The Labute approximate surface area is 213 Å². The van der Waals surface area contributed by atoms with E-state index in [4.69, 9.17) is 0 Å². The molecule has 5 aromatic rings. The third-order valence-corrected chi connectivity index (χ3v) is 7.95. The standard InChI is InChI=1S/C27H20F3N3OS2/c1-16-11-21(17(2)33(16)20-10-6-9-19(12-20)27(28,29)30)23(34)14-35-25-22-13-24(18-7-4-3-5-8-18)36-26(22)32-15-31-25/h3-13,15H,14H2,1-2H3. The van der Waals surface area contributed by atoms with Crippen molar-refractivity contribution in [1.82, 2.24) is 14.5 Å². The van der Waals surface area contributed by atoms with Crippen LogP contribution in [-0.2, 0) is 6.18 Å². The fraction of sp³-hybridized carbons (Fsp3) is 0.148. The average molecular weight is 524 g/mol. The highest BCUT2D eigenvalue weighted by atomic mass is 32.2. The number of benzene rings is 2. The first-order valence-corrected chi connectivity index (χ1v) is 12.8. The first-order chi connectivity index (χ1) is 17.2. The number of ketones is 1. The Hall–Kier alpha value is -3.43. The molecule has 4 nitrogen and oxygen atoms in total. The van der Waals surface area contributed by atoms with Gasteiger partial charge < -0.3 is 4.57 Å². The Bertz CT molecular complexity index is 1570. The summed E-state index contributed by atoms with van der Waals surface area (Å²) < 4.78 is 41.3. The quantitative estimate of drug-likeness (QED) is 0.130. The van der Waals surface area contributed by atoms with Gasteiger partial charge in [-0.25, -0.2) is 9.97 Å². The summed E-state index contributed by atoms with van der Waals surface area (Å²) in [7, 11) is 0. The van der Waals surface area contributed by atoms with Crippen molar-refractivity contribution < 1.29 is 18.0 Å². The van der Waals surface area contributed by atoms with Crippen molar-refractivity contribution in [2.75, 3.05) is 5.75 Å². The van der Waals surface area contributed by atoms with Gasteiger partial charge in [0.05, 0.1) is 11.3 Å². The molecule has 0 radical (unpaired) electrons. The van der Waals surface area contributed by atoms with E-state index in [2.05, 4.69) is 9.97 Å². The molecule has 182 valence electrons. The molecule has 0 spiro atoms. The van der Waals surface area contributed by atoms with Crippen molar-refractivity contribution in [3.8, 4) is 16.1 Å². The molecule has 0 atom stereocenters. The zero-order valence-corrected chi connectivity index (χ0v) is 21.0. The molecule has 0 aliphatic rings. The summed E-state index contributed by atoms with van der Waals surface area (Å²) in [6, 6.07) is 18.9. The normalized spacial score (nSPS) is 11.8. The fourth-order valence-electron chi connectivity index (χ4n) is 4.17. The number of thioether (sulfide) groups is 1. The highest BCUT2D eigenvalue weighted by Crippen LogP contribution is 2.36. The average Bonchev–Trinajstić information content (AvgIpc) is 3.43. The lowest BCUT2D eigenvalue weighted by atomic mass is 10.1. The number of rotatable bonds is 6. The Balaban J connectivity index is 1.39. The lowest BCUT2D eigenvalue weighted by molar-refractivity contribution is -0.137. The maximum atomic E-state index is 13.2. The van der Waals surface area contributed by atoms with E-state index in [0.717, 1.165) is 37.8 Å². The Morgan fingerprint density at radius 1 is 1.00 bits per heavy atom. The summed E-state index contributed by atoms with van der Waals surface area (Å²) in [5.41, 5.74) is 2.51. The smallest absolute Gasteiger partial charge is 0.318 e. The number of hydrogen-bond acceptors (Lipinski definition) is 5. The molecule has 5 rings (SSSR count). The van der Waals surface area contributed by atoms with Crippen LogP contribution in [0.25, 0.3) is 26.3 Å². The largest absolute Gasteiger partial charge is 0.416 e. The van der Waals surface area contributed by atoms with E-state index < -0.39 is 11.7 Å². The van der Waals surface area contributed by atoms with Crippen molar-refractivity contribution in [3.63, 3.8) is 0 Å². The van der Waals surface area contributed by atoms with Crippen molar-refractivity contribution in [3.05, 3.63) is 95.6 Å². The molecular weight excluding hydrogens is 503 g/mol. The maximum absolute atomic E-state index is 13.2. The zero-order valence-electron chi connectivity index (χ0n) is 19.3. The summed E-state index contributed by atoms with van der Waals surface area (Å²) >= 11 is 2.91. The van der Waals surface area contributed by atoms with Gasteiger partial charge in [0.15, 0.2) is 5.78 Å². The molecule has 9 heteroatoms. The second-order valence-electron chi connectivity index (χ2n) is 8.25. The number of Topliss-reactive ketones (excluding diaryl/α,β-unsaturated/α-hetero) is 1. The van der Waals surface area contributed by atoms with E-state index in [9.17, 15) is 18.0 Å². The van der Waals surface area contributed by atoms with Gasteiger partial charge in [-0.15, -0.1) is 11.3 Å². The van der Waals surface area contributed by atoms with Gasteiger partial charge in [0.25, 0.3) is 0 Å². The van der Waals surface area contributed by atoms with Crippen LogP contribution in [-0.4, -0.2) is 26.1 Å². The summed E-state index contributed by atoms with van der Waals surface area (Å²) in [4.78, 5) is 23.9. The van der Waals surface area contributed by atoms with Crippen LogP contribution in [0.5, 0.6) is 0 Å². The number of halogens is 3. The Kier molecular flexibility index (Phi) is 6.44. The van der Waals surface area contributed by atoms with Crippen LogP contribution in [0.1, 0.15) is 27.3 Å². The van der Waals surface area contributed by atoms with Gasteiger partial charge in [-0.1, -0.05) is 48.2 Å². The predicted octanol–water partition coefficient (Wildman–Crippen LogP) is 7.76. The van der Waals surface area contributed by atoms with Gasteiger partial charge >= 0.3 is 6.18 Å². The van der Waals surface area contributed by atoms with Gasteiger partial charge in [-0.3, -0.25) is 4.79 Å². The number of carbonyl (C=O) groups excluding carboxylic acids is 1. The molecule has 3 aromatic heterocycles. The summed E-state index contributed by atoms with van der Waals surface area (Å²) in [6.45, 7) is 3.53. The van der Waals surface area contributed by atoms with Gasteiger partial charge in [0, 0.05) is 32.9 Å². The van der Waals surface area contributed by atoms with Crippen LogP contribution in [0.2, 0.25) is 0 Å². The molecular formula is C27H20F3N3OS2. The molecule has 0 saturated carbocycles. The number of aryl methyl sites for hydroxylation is 1. The highest BCUT2D eigenvalue weighted by Gasteiger charge is 2.31. The molecule has 0 fully saturated rings. The topological polar surface area (TPSA) is 47.8 Å². The van der Waals surface area contributed by atoms with E-state index in [1.54, 1.807) is 41.9 Å². The van der Waals surface area contributed by atoms with E-state index in [-0.39, 0.29) is 11.5 Å². The molecule has 36 heavy (non-hydrogen) atoms. The Morgan fingerprint density at radius 3 is 2.53 bits per heavy atom. The van der Waals surface area contributed by atoms with E-state index in [0.29, 0.717) is 22.6 Å². The third-order valence-electron chi connectivity index (χ3n) is 5.85. The van der Waals surface area contributed by atoms with Crippen molar-refractivity contribution in [2.45, 2.75) is 25.0 Å². The van der Waals surface area contributed by atoms with E-state index in [1.165, 1.54) is 24.2 Å². The molecule has 2 aromatic carbocycles. The number of thiophene rings is 1. The number of carbonyl (C=O) groups is 1. The SMILES string of the molecule is Cc1cc(C(=O)CSc2ncnc3sc(-c4ccccc4)cc23)c(C)n1-c1cccc(C(F)(F)F)c1. The molecule has 0 amide bonds. The first kappa shape index (κ1) is 24.3. The summed E-state index contributed by atoms with van der Waals surface area (Å²) in [5.74, 6) is 0.0341. The van der Waals surface area contributed by atoms with Crippen LogP contribution in [0, 0.1) is 13.8 Å². The second kappa shape index (κ2) is 9.55. The number of aromatic nitrogens is 3. The van der Waals surface area contributed by atoms with E-state index >= 15 is 0 Å². The van der Waals surface area contributed by atoms with Gasteiger partial charge in [0.1, 0.15) is 16.2 Å². The molecule has 0 N–H and O–H groups in total. The zero-order chi connectivity index (χ0) is 25.4. The minimum absolute atomic E-state index is 0.114. The van der Waals surface area contributed by atoms with Crippen LogP contribution in [0.4, 0.5) is 13.2 Å². The number of hydrogen-bond donors (Lipinski definition) is 0. The monoisotopic (exact) mass is 523 g/mol. The molecule has 0 aliphatic carbocycles. The third kappa shape index (κ3) is 4.68. The predicted molar refractivity (Wildman–Crippen MR) is 138 cm³/mol. The van der Waals surface area contributed by atoms with Crippen LogP contribution < -0.4 is 0 Å². The lowest BCUT2D eigenvalue weighted by Crippen LogP contribution is -2.08. The molecule has 3 heterocycles. The minimum atomic E-state index is -4.44. The number of alkyl halides is 3. The van der Waals surface area contributed by atoms with Crippen molar-refractivity contribution in [1.29, 1.82) is 0 Å². The van der Waals surface area contributed by atoms with Crippen molar-refractivity contribution in [2.24, 2.45) is 0 Å². The molecule has 0 unspecified atom stereocenters. The van der Waals surface area contributed by atoms with Crippen LogP contribution in [0.3, 0.4) is 0 Å². The van der Waals surface area contributed by atoms with Gasteiger partial charge in [-0.2, -0.15) is 13.2 Å². The number of fused-ring (bicyclic) bond motifs is 1.